The number of nitrogens with zero attached hydrogens (tertiary/aromatic N) is 2. The lowest BCUT2D eigenvalue weighted by Gasteiger charge is -2.03. The summed E-state index contributed by atoms with van der Waals surface area (Å²) < 4.78 is 10.6. The van der Waals surface area contributed by atoms with Gasteiger partial charge in [-0.25, -0.2) is 9.97 Å². The highest BCUT2D eigenvalue weighted by Gasteiger charge is 1.94. The molecule has 1 aromatic heterocycles. The first-order valence-corrected chi connectivity index (χ1v) is 6.99. The second-order valence-corrected chi connectivity index (χ2v) is 4.58. The Morgan fingerprint density at radius 3 is 2.45 bits per heavy atom. The number of ether oxygens (including phenoxy) is 2. The summed E-state index contributed by atoms with van der Waals surface area (Å²) in [5, 5.41) is 0.734. The molecule has 0 aliphatic heterocycles. The molecule has 2 aromatic rings. The van der Waals surface area contributed by atoms with E-state index < -0.39 is 0 Å². The molecule has 5 heteroatoms. The van der Waals surface area contributed by atoms with Crippen molar-refractivity contribution in [1.29, 1.82) is 0 Å². The number of aromatic nitrogens is 2. The van der Waals surface area contributed by atoms with Gasteiger partial charge in [0.2, 0.25) is 0 Å². The molecule has 1 heterocycles. The SMILES string of the molecule is COc1ccc(OCC#CCSc2ncccn2)cc1. The van der Waals surface area contributed by atoms with Crippen molar-refractivity contribution in [3.8, 4) is 23.3 Å². The van der Waals surface area contributed by atoms with Crippen molar-refractivity contribution in [3.05, 3.63) is 42.7 Å². The van der Waals surface area contributed by atoms with Crippen LogP contribution in [0.25, 0.3) is 0 Å². The molecule has 0 saturated carbocycles. The summed E-state index contributed by atoms with van der Waals surface area (Å²) in [5.41, 5.74) is 0. The average molecular weight is 286 g/mol. The Morgan fingerprint density at radius 1 is 1.05 bits per heavy atom. The molecule has 2 rings (SSSR count). The predicted octanol–water partition coefficient (Wildman–Crippen LogP) is 2.66. The molecule has 20 heavy (non-hydrogen) atoms. The minimum Gasteiger partial charge on any atom is -0.497 e. The molecule has 102 valence electrons. The van der Waals surface area contributed by atoms with E-state index in [0.717, 1.165) is 16.7 Å². The molecular weight excluding hydrogens is 272 g/mol. The second kappa shape index (κ2) is 8.08. The summed E-state index contributed by atoms with van der Waals surface area (Å²) in [7, 11) is 1.63. The van der Waals surface area contributed by atoms with E-state index >= 15 is 0 Å². The van der Waals surface area contributed by atoms with E-state index in [0.29, 0.717) is 12.4 Å². The minimum absolute atomic E-state index is 0.364. The van der Waals surface area contributed by atoms with Crippen molar-refractivity contribution in [2.75, 3.05) is 19.5 Å². The smallest absolute Gasteiger partial charge is 0.188 e. The Hall–Kier alpha value is -2.19. The molecule has 0 aliphatic rings. The summed E-state index contributed by atoms with van der Waals surface area (Å²) >= 11 is 1.50. The molecule has 0 amide bonds. The lowest BCUT2D eigenvalue weighted by Crippen LogP contribution is -1.94. The zero-order valence-electron chi connectivity index (χ0n) is 11.1. The number of hydrogen-bond acceptors (Lipinski definition) is 5. The maximum atomic E-state index is 5.49. The van der Waals surface area contributed by atoms with Crippen LogP contribution in [0.15, 0.2) is 47.9 Å². The highest BCUT2D eigenvalue weighted by atomic mass is 32.2. The van der Waals surface area contributed by atoms with E-state index in [2.05, 4.69) is 21.8 Å². The average Bonchev–Trinajstić information content (AvgIpc) is 2.52. The predicted molar refractivity (Wildman–Crippen MR) is 79.0 cm³/mol. The molecule has 0 fully saturated rings. The Morgan fingerprint density at radius 2 is 1.75 bits per heavy atom. The maximum Gasteiger partial charge on any atom is 0.188 e. The van der Waals surface area contributed by atoms with Crippen LogP contribution in [0.2, 0.25) is 0 Å². The molecule has 1 aromatic carbocycles. The van der Waals surface area contributed by atoms with Gasteiger partial charge in [-0.2, -0.15) is 0 Å². The first-order valence-electron chi connectivity index (χ1n) is 6.01. The van der Waals surface area contributed by atoms with Crippen molar-refractivity contribution >= 4 is 11.8 Å². The molecular formula is C15H14N2O2S. The third-order valence-corrected chi connectivity index (χ3v) is 3.07. The Balaban J connectivity index is 1.69. The molecule has 0 spiro atoms. The molecule has 0 bridgehead atoms. The Labute approximate surface area is 122 Å². The highest BCUT2D eigenvalue weighted by Crippen LogP contribution is 2.16. The quantitative estimate of drug-likeness (QED) is 0.480. The summed E-state index contributed by atoms with van der Waals surface area (Å²) in [6, 6.07) is 9.20. The number of hydrogen-bond donors (Lipinski definition) is 0. The fraction of sp³-hybridized carbons (Fsp3) is 0.200. The van der Waals surface area contributed by atoms with Gasteiger partial charge < -0.3 is 9.47 Å². The zero-order valence-corrected chi connectivity index (χ0v) is 11.9. The van der Waals surface area contributed by atoms with Crippen LogP contribution in [-0.4, -0.2) is 29.4 Å². The lowest BCUT2D eigenvalue weighted by atomic mass is 10.3. The van der Waals surface area contributed by atoms with E-state index in [4.69, 9.17) is 9.47 Å². The van der Waals surface area contributed by atoms with Gasteiger partial charge in [-0.05, 0) is 30.3 Å². The van der Waals surface area contributed by atoms with Crippen LogP contribution >= 0.6 is 11.8 Å². The van der Waals surface area contributed by atoms with Crippen LogP contribution in [0, 0.1) is 11.8 Å². The van der Waals surface area contributed by atoms with Crippen LogP contribution in [0.4, 0.5) is 0 Å². The summed E-state index contributed by atoms with van der Waals surface area (Å²) in [6.45, 7) is 0.364. The largest absolute Gasteiger partial charge is 0.497 e. The first-order chi connectivity index (χ1) is 9.88. The Kier molecular flexibility index (Phi) is 5.74. The van der Waals surface area contributed by atoms with Gasteiger partial charge in [-0.1, -0.05) is 23.6 Å². The molecule has 0 aliphatic carbocycles. The summed E-state index contributed by atoms with van der Waals surface area (Å²) in [6.07, 6.45) is 3.44. The van der Waals surface area contributed by atoms with E-state index in [-0.39, 0.29) is 0 Å². The van der Waals surface area contributed by atoms with Crippen molar-refractivity contribution in [2.45, 2.75) is 5.16 Å². The topological polar surface area (TPSA) is 44.2 Å². The van der Waals surface area contributed by atoms with Crippen molar-refractivity contribution in [2.24, 2.45) is 0 Å². The van der Waals surface area contributed by atoms with E-state index in [1.165, 1.54) is 11.8 Å². The van der Waals surface area contributed by atoms with Gasteiger partial charge in [0, 0.05) is 12.4 Å². The third-order valence-electron chi connectivity index (χ3n) is 2.31. The molecule has 0 saturated heterocycles. The monoisotopic (exact) mass is 286 g/mol. The van der Waals surface area contributed by atoms with Gasteiger partial charge in [0.15, 0.2) is 5.16 Å². The standard InChI is InChI=1S/C15H14N2O2S/c1-18-13-5-7-14(8-6-13)19-11-2-3-12-20-15-16-9-4-10-17-15/h4-10H,11-12H2,1H3. The first kappa shape index (κ1) is 14.2. The maximum absolute atomic E-state index is 5.49. The van der Waals surface area contributed by atoms with E-state index in [9.17, 15) is 0 Å². The van der Waals surface area contributed by atoms with Crippen LogP contribution < -0.4 is 9.47 Å². The molecule has 0 radical (unpaired) electrons. The molecule has 0 N–H and O–H groups in total. The molecule has 4 nitrogen and oxygen atoms in total. The van der Waals surface area contributed by atoms with Crippen molar-refractivity contribution in [1.82, 2.24) is 9.97 Å². The van der Waals surface area contributed by atoms with Gasteiger partial charge in [-0.15, -0.1) is 0 Å². The second-order valence-electron chi connectivity index (χ2n) is 3.64. The number of rotatable bonds is 5. The third kappa shape index (κ3) is 4.82. The van der Waals surface area contributed by atoms with Crippen LogP contribution in [-0.2, 0) is 0 Å². The van der Waals surface area contributed by atoms with Gasteiger partial charge >= 0.3 is 0 Å². The fourth-order valence-electron chi connectivity index (χ4n) is 1.35. The molecule has 0 unspecified atom stereocenters. The van der Waals surface area contributed by atoms with Gasteiger partial charge in [0.05, 0.1) is 12.9 Å². The Bertz CT molecular complexity index is 576. The minimum atomic E-state index is 0.364. The molecule has 0 atom stereocenters. The van der Waals surface area contributed by atoms with E-state index in [1.54, 1.807) is 25.6 Å². The van der Waals surface area contributed by atoms with Crippen molar-refractivity contribution < 1.29 is 9.47 Å². The summed E-state index contributed by atoms with van der Waals surface area (Å²) in [5.74, 6) is 8.20. The summed E-state index contributed by atoms with van der Waals surface area (Å²) in [4.78, 5) is 8.20. The normalized spacial score (nSPS) is 9.45. The van der Waals surface area contributed by atoms with Gasteiger partial charge in [0.25, 0.3) is 0 Å². The van der Waals surface area contributed by atoms with Crippen LogP contribution in [0.1, 0.15) is 0 Å². The number of methoxy groups -OCH3 is 1. The van der Waals surface area contributed by atoms with Crippen molar-refractivity contribution in [3.63, 3.8) is 0 Å². The van der Waals surface area contributed by atoms with Crippen LogP contribution in [0.3, 0.4) is 0 Å². The van der Waals surface area contributed by atoms with E-state index in [1.807, 2.05) is 24.3 Å². The fourth-order valence-corrected chi connectivity index (χ4v) is 1.93. The highest BCUT2D eigenvalue weighted by molar-refractivity contribution is 7.99. The number of thioether (sulfide) groups is 1. The van der Waals surface area contributed by atoms with Gasteiger partial charge in [0.1, 0.15) is 18.1 Å². The van der Waals surface area contributed by atoms with Crippen LogP contribution in [0.5, 0.6) is 11.5 Å². The number of benzene rings is 1. The lowest BCUT2D eigenvalue weighted by molar-refractivity contribution is 0.368. The zero-order chi connectivity index (χ0) is 14.0. The van der Waals surface area contributed by atoms with Gasteiger partial charge in [-0.3, -0.25) is 0 Å².